The quantitative estimate of drug-likeness (QED) is 0.611. The van der Waals surface area contributed by atoms with Crippen LogP contribution in [0.25, 0.3) is 0 Å². The van der Waals surface area contributed by atoms with Gasteiger partial charge in [0.1, 0.15) is 10.9 Å². The van der Waals surface area contributed by atoms with Crippen LogP contribution in [0.5, 0.6) is 5.88 Å². The Balaban J connectivity index is 2.01. The molecule has 0 bridgehead atoms. The fourth-order valence-electron chi connectivity index (χ4n) is 1.46. The average molecular weight is 240 g/mol. The third-order valence-electron chi connectivity index (χ3n) is 2.61. The van der Waals surface area contributed by atoms with Gasteiger partial charge in [0.15, 0.2) is 0 Å². The van der Waals surface area contributed by atoms with E-state index in [0.29, 0.717) is 23.1 Å². The van der Waals surface area contributed by atoms with Crippen LogP contribution < -0.4 is 10.5 Å². The normalized spacial score (nSPS) is 14.8. The Bertz CT molecular complexity index is 404. The fraction of sp³-hybridized carbons (Fsp3) is 0.455. The van der Waals surface area contributed by atoms with Crippen LogP contribution in [-0.2, 0) is 0 Å². The van der Waals surface area contributed by atoms with Crippen molar-refractivity contribution >= 4 is 17.4 Å². The lowest BCUT2D eigenvalue weighted by Gasteiger charge is -2.08. The summed E-state index contributed by atoms with van der Waals surface area (Å²) in [5.41, 5.74) is 5.86. The summed E-state index contributed by atoms with van der Waals surface area (Å²) in [7, 11) is 0. The van der Waals surface area contributed by atoms with Crippen molar-refractivity contribution in [3.63, 3.8) is 0 Å². The van der Waals surface area contributed by atoms with Gasteiger partial charge in [0.05, 0.1) is 6.61 Å². The molecular formula is C11H14ClN3O. The monoisotopic (exact) mass is 239 g/mol. The molecule has 1 aromatic heterocycles. The molecule has 0 saturated heterocycles. The number of nitrogens with one attached hydrogen (secondary N) is 1. The minimum atomic E-state index is -0.0700. The maximum absolute atomic E-state index is 7.34. The van der Waals surface area contributed by atoms with Crippen LogP contribution in [0.3, 0.4) is 0 Å². The first-order valence-electron chi connectivity index (χ1n) is 5.30. The highest BCUT2D eigenvalue weighted by atomic mass is 35.5. The molecule has 2 rings (SSSR count). The first-order chi connectivity index (χ1) is 7.68. The summed E-state index contributed by atoms with van der Waals surface area (Å²) in [6, 6.07) is 1.61. The topological polar surface area (TPSA) is 72.0 Å². The molecule has 86 valence electrons. The number of hydrogen-bond acceptors (Lipinski definition) is 3. The smallest absolute Gasteiger partial charge is 0.233 e. The molecule has 1 fully saturated rings. The van der Waals surface area contributed by atoms with Gasteiger partial charge >= 0.3 is 0 Å². The minimum absolute atomic E-state index is 0.0700. The van der Waals surface area contributed by atoms with Gasteiger partial charge < -0.3 is 10.5 Å². The van der Waals surface area contributed by atoms with Crippen LogP contribution >= 0.6 is 11.6 Å². The van der Waals surface area contributed by atoms with Gasteiger partial charge in [0.25, 0.3) is 0 Å². The van der Waals surface area contributed by atoms with E-state index >= 15 is 0 Å². The van der Waals surface area contributed by atoms with Crippen LogP contribution in [-0.4, -0.2) is 17.4 Å². The van der Waals surface area contributed by atoms with Crippen LogP contribution in [0.4, 0.5) is 0 Å². The fourth-order valence-corrected chi connectivity index (χ4v) is 1.73. The summed E-state index contributed by atoms with van der Waals surface area (Å²) in [5.74, 6) is 1.12. The van der Waals surface area contributed by atoms with Crippen LogP contribution in [0.2, 0.25) is 5.02 Å². The van der Waals surface area contributed by atoms with E-state index in [4.69, 9.17) is 27.5 Å². The predicted octanol–water partition coefficient (Wildman–Crippen LogP) is 2.20. The number of pyridine rings is 1. The van der Waals surface area contributed by atoms with Crippen LogP contribution in [0.1, 0.15) is 24.8 Å². The highest BCUT2D eigenvalue weighted by Gasteiger charge is 2.21. The van der Waals surface area contributed by atoms with E-state index in [0.717, 1.165) is 12.3 Å². The van der Waals surface area contributed by atoms with E-state index in [1.165, 1.54) is 12.8 Å². The van der Waals surface area contributed by atoms with Crippen molar-refractivity contribution in [1.82, 2.24) is 4.98 Å². The second-order valence-electron chi connectivity index (χ2n) is 3.97. The van der Waals surface area contributed by atoms with Crippen LogP contribution in [0.15, 0.2) is 12.3 Å². The van der Waals surface area contributed by atoms with Gasteiger partial charge in [-0.2, -0.15) is 0 Å². The van der Waals surface area contributed by atoms with Gasteiger partial charge in [-0.15, -0.1) is 0 Å². The Labute approximate surface area is 99.3 Å². The molecule has 4 nitrogen and oxygen atoms in total. The van der Waals surface area contributed by atoms with Gasteiger partial charge in [0.2, 0.25) is 5.88 Å². The Morgan fingerprint density at radius 3 is 3.00 bits per heavy atom. The first-order valence-corrected chi connectivity index (χ1v) is 5.68. The van der Waals surface area contributed by atoms with Gasteiger partial charge in [-0.1, -0.05) is 24.4 Å². The second-order valence-corrected chi connectivity index (χ2v) is 4.35. The number of aromatic nitrogens is 1. The summed E-state index contributed by atoms with van der Waals surface area (Å²) in [5, 5.41) is 7.66. The number of amidine groups is 1. The summed E-state index contributed by atoms with van der Waals surface area (Å²) in [6.45, 7) is 0.624. The molecule has 1 heterocycles. The number of rotatable bonds is 5. The molecule has 1 aliphatic carbocycles. The second kappa shape index (κ2) is 4.70. The molecule has 16 heavy (non-hydrogen) atoms. The highest BCUT2D eigenvalue weighted by Crippen LogP contribution is 2.33. The van der Waals surface area contributed by atoms with Crippen molar-refractivity contribution in [2.45, 2.75) is 19.3 Å². The van der Waals surface area contributed by atoms with Crippen LogP contribution in [0, 0.1) is 11.3 Å². The molecule has 0 amide bonds. The molecule has 0 aliphatic heterocycles. The lowest BCUT2D eigenvalue weighted by atomic mass is 10.2. The SMILES string of the molecule is N=C(N)c1ccnc(OCCC2CC2)c1Cl. The zero-order chi connectivity index (χ0) is 11.5. The number of halogens is 1. The van der Waals surface area contributed by atoms with E-state index in [1.54, 1.807) is 12.3 Å². The number of nitrogens with two attached hydrogens (primary N) is 1. The Hall–Kier alpha value is -1.29. The van der Waals surface area contributed by atoms with Crippen molar-refractivity contribution < 1.29 is 4.74 Å². The maximum Gasteiger partial charge on any atom is 0.233 e. The van der Waals surface area contributed by atoms with E-state index < -0.39 is 0 Å². The van der Waals surface area contributed by atoms with Crippen molar-refractivity contribution in [3.8, 4) is 5.88 Å². The molecule has 0 aromatic carbocycles. The lowest BCUT2D eigenvalue weighted by Crippen LogP contribution is -2.12. The summed E-state index contributed by atoms with van der Waals surface area (Å²) >= 11 is 6.03. The number of nitrogens with zero attached hydrogens (tertiary/aromatic N) is 1. The van der Waals surface area contributed by atoms with E-state index in [9.17, 15) is 0 Å². The third-order valence-corrected chi connectivity index (χ3v) is 2.97. The molecular weight excluding hydrogens is 226 g/mol. The van der Waals surface area contributed by atoms with E-state index in [2.05, 4.69) is 4.98 Å². The molecule has 0 atom stereocenters. The molecule has 0 unspecified atom stereocenters. The number of ether oxygens (including phenoxy) is 1. The molecule has 0 radical (unpaired) electrons. The number of nitrogen functional groups attached to an aromatic ring is 1. The average Bonchev–Trinajstić information content (AvgIpc) is 3.04. The number of hydrogen-bond donors (Lipinski definition) is 2. The van der Waals surface area contributed by atoms with Crippen molar-refractivity contribution in [2.75, 3.05) is 6.61 Å². The summed E-state index contributed by atoms with van der Waals surface area (Å²) < 4.78 is 5.48. The van der Waals surface area contributed by atoms with Gasteiger partial charge in [-0.3, -0.25) is 5.41 Å². The maximum atomic E-state index is 7.34. The first kappa shape index (κ1) is 11.2. The van der Waals surface area contributed by atoms with E-state index in [1.807, 2.05) is 0 Å². The molecule has 1 aromatic rings. The lowest BCUT2D eigenvalue weighted by molar-refractivity contribution is 0.291. The van der Waals surface area contributed by atoms with Gasteiger partial charge in [0, 0.05) is 11.8 Å². The van der Waals surface area contributed by atoms with Crippen molar-refractivity contribution in [1.29, 1.82) is 5.41 Å². The highest BCUT2D eigenvalue weighted by molar-refractivity contribution is 6.35. The third kappa shape index (κ3) is 2.64. The predicted molar refractivity (Wildman–Crippen MR) is 63.1 cm³/mol. The van der Waals surface area contributed by atoms with Crippen molar-refractivity contribution in [2.24, 2.45) is 11.7 Å². The minimum Gasteiger partial charge on any atom is -0.477 e. The summed E-state index contributed by atoms with van der Waals surface area (Å²) in [4.78, 5) is 4.03. The van der Waals surface area contributed by atoms with Gasteiger partial charge in [-0.05, 0) is 18.4 Å². The standard InChI is InChI=1S/C11H14ClN3O/c12-9-8(10(13)14)3-5-15-11(9)16-6-4-7-1-2-7/h3,5,7H,1-2,4,6H2,(H3,13,14). The zero-order valence-electron chi connectivity index (χ0n) is 8.87. The zero-order valence-corrected chi connectivity index (χ0v) is 9.63. The molecule has 3 N–H and O–H groups in total. The molecule has 1 aliphatic rings. The Kier molecular flexibility index (Phi) is 3.29. The largest absolute Gasteiger partial charge is 0.477 e. The Morgan fingerprint density at radius 2 is 2.38 bits per heavy atom. The van der Waals surface area contributed by atoms with Gasteiger partial charge in [-0.25, -0.2) is 4.98 Å². The molecule has 1 saturated carbocycles. The summed E-state index contributed by atoms with van der Waals surface area (Å²) in [6.07, 6.45) is 5.20. The molecule has 0 spiro atoms. The molecule has 5 heteroatoms. The Morgan fingerprint density at radius 1 is 1.62 bits per heavy atom. The van der Waals surface area contributed by atoms with Crippen molar-refractivity contribution in [3.05, 3.63) is 22.8 Å². The van der Waals surface area contributed by atoms with E-state index in [-0.39, 0.29) is 5.84 Å².